The molecule has 0 aliphatic heterocycles. The third kappa shape index (κ3) is 3.08. The number of hydrogen-bond acceptors (Lipinski definition) is 2. The Labute approximate surface area is 132 Å². The molecule has 1 aromatic heterocycles. The Morgan fingerprint density at radius 2 is 2.15 bits per heavy atom. The summed E-state index contributed by atoms with van der Waals surface area (Å²) in [6.07, 6.45) is 0.654. The van der Waals surface area contributed by atoms with Gasteiger partial charge < -0.3 is 5.11 Å². The van der Waals surface area contributed by atoms with Gasteiger partial charge in [0.2, 0.25) is 0 Å². The van der Waals surface area contributed by atoms with Crippen LogP contribution in [0.4, 0.5) is 0 Å². The molecule has 1 unspecified atom stereocenters. The predicted molar refractivity (Wildman–Crippen MR) is 85.1 cm³/mol. The Hall–Kier alpha value is -0.840. The van der Waals surface area contributed by atoms with Crippen LogP contribution in [0.2, 0.25) is 5.02 Å². The maximum absolute atomic E-state index is 10.4. The van der Waals surface area contributed by atoms with Gasteiger partial charge in [0, 0.05) is 17.9 Å². The number of nitrogens with zero attached hydrogens (tertiary/aromatic N) is 2. The first-order valence-electron chi connectivity index (χ1n) is 6.58. The summed E-state index contributed by atoms with van der Waals surface area (Å²) in [7, 11) is 1.86. The quantitative estimate of drug-likeness (QED) is 0.898. The van der Waals surface area contributed by atoms with E-state index in [4.69, 9.17) is 11.6 Å². The van der Waals surface area contributed by atoms with Crippen LogP contribution in [0, 0.1) is 6.92 Å². The molecule has 3 nitrogen and oxygen atoms in total. The van der Waals surface area contributed by atoms with E-state index in [-0.39, 0.29) is 0 Å². The highest BCUT2D eigenvalue weighted by atomic mass is 79.9. The number of aliphatic hydroxyl groups excluding tert-OH is 1. The second-order valence-electron chi connectivity index (χ2n) is 4.91. The van der Waals surface area contributed by atoms with Crippen LogP contribution in [-0.4, -0.2) is 14.9 Å². The lowest BCUT2D eigenvalue weighted by atomic mass is 10.0. The van der Waals surface area contributed by atoms with Gasteiger partial charge in [-0.15, -0.1) is 0 Å². The van der Waals surface area contributed by atoms with Crippen LogP contribution in [0.1, 0.15) is 35.5 Å². The fourth-order valence-corrected chi connectivity index (χ4v) is 2.93. The molecule has 2 rings (SSSR count). The lowest BCUT2D eigenvalue weighted by Gasteiger charge is -2.13. The lowest BCUT2D eigenvalue weighted by Crippen LogP contribution is -2.07. The second kappa shape index (κ2) is 6.29. The molecular formula is C15H18BrClN2O. The Morgan fingerprint density at radius 3 is 2.70 bits per heavy atom. The molecule has 0 spiro atoms. The first kappa shape index (κ1) is 15.5. The Bertz CT molecular complexity index is 625. The largest absolute Gasteiger partial charge is 0.388 e. The normalized spacial score (nSPS) is 12.7. The minimum absolute atomic E-state index is 0.456. The third-order valence-corrected chi connectivity index (χ3v) is 4.76. The number of benzene rings is 1. The molecule has 0 aliphatic carbocycles. The van der Waals surface area contributed by atoms with E-state index in [2.05, 4.69) is 21.0 Å². The first-order valence-corrected chi connectivity index (χ1v) is 7.75. The molecule has 5 heteroatoms. The number of hydrogen-bond donors (Lipinski definition) is 1. The van der Waals surface area contributed by atoms with Crippen LogP contribution in [-0.2, 0) is 19.9 Å². The predicted octanol–water partition coefficient (Wildman–Crippen LogP) is 3.98. The van der Waals surface area contributed by atoms with E-state index in [0.717, 1.165) is 33.4 Å². The fourth-order valence-electron chi connectivity index (χ4n) is 2.16. The number of rotatable bonds is 4. The highest BCUT2D eigenvalue weighted by Gasteiger charge is 2.18. The van der Waals surface area contributed by atoms with Crippen molar-refractivity contribution in [1.29, 1.82) is 0 Å². The Balaban J connectivity index is 2.25. The molecular weight excluding hydrogens is 340 g/mol. The van der Waals surface area contributed by atoms with Crippen molar-refractivity contribution in [3.8, 4) is 0 Å². The van der Waals surface area contributed by atoms with Gasteiger partial charge in [-0.3, -0.25) is 4.68 Å². The first-order chi connectivity index (χ1) is 9.43. The van der Waals surface area contributed by atoms with E-state index in [9.17, 15) is 5.11 Å². The molecule has 0 bridgehead atoms. The molecule has 1 aromatic carbocycles. The highest BCUT2D eigenvalue weighted by Crippen LogP contribution is 2.28. The van der Waals surface area contributed by atoms with Crippen LogP contribution >= 0.6 is 27.5 Å². The van der Waals surface area contributed by atoms with E-state index in [1.54, 1.807) is 4.68 Å². The molecule has 0 fully saturated rings. The maximum Gasteiger partial charge on any atom is 0.0850 e. The summed E-state index contributed by atoms with van der Waals surface area (Å²) in [4.78, 5) is 0. The zero-order valence-electron chi connectivity index (χ0n) is 11.8. The van der Waals surface area contributed by atoms with Crippen molar-refractivity contribution in [3.05, 3.63) is 50.2 Å². The van der Waals surface area contributed by atoms with Crippen LogP contribution < -0.4 is 0 Å². The van der Waals surface area contributed by atoms with Crippen molar-refractivity contribution < 1.29 is 5.11 Å². The smallest absolute Gasteiger partial charge is 0.0850 e. The van der Waals surface area contributed by atoms with E-state index in [1.165, 1.54) is 0 Å². The molecule has 0 amide bonds. The van der Waals surface area contributed by atoms with Crippen LogP contribution in [0.25, 0.3) is 0 Å². The molecule has 0 saturated heterocycles. The van der Waals surface area contributed by atoms with Gasteiger partial charge >= 0.3 is 0 Å². The van der Waals surface area contributed by atoms with E-state index in [0.29, 0.717) is 11.4 Å². The molecule has 1 atom stereocenters. The van der Waals surface area contributed by atoms with Gasteiger partial charge in [-0.25, -0.2) is 0 Å². The summed E-state index contributed by atoms with van der Waals surface area (Å²) in [5.74, 6) is 0. The molecule has 20 heavy (non-hydrogen) atoms. The molecule has 0 aliphatic rings. The van der Waals surface area contributed by atoms with E-state index in [1.807, 2.05) is 39.1 Å². The zero-order valence-corrected chi connectivity index (χ0v) is 14.2. The van der Waals surface area contributed by atoms with E-state index < -0.39 is 6.10 Å². The molecule has 1 heterocycles. The lowest BCUT2D eigenvalue weighted by molar-refractivity contribution is 0.175. The van der Waals surface area contributed by atoms with Gasteiger partial charge in [0.05, 0.1) is 22.5 Å². The average molecular weight is 358 g/mol. The summed E-state index contributed by atoms with van der Waals surface area (Å²) >= 11 is 9.80. The minimum Gasteiger partial charge on any atom is -0.388 e. The average Bonchev–Trinajstić information content (AvgIpc) is 2.69. The summed E-state index contributed by atoms with van der Waals surface area (Å²) in [5.41, 5.74) is 3.76. The number of aromatic nitrogens is 2. The van der Waals surface area contributed by atoms with Crippen molar-refractivity contribution >= 4 is 27.5 Å². The van der Waals surface area contributed by atoms with Gasteiger partial charge in [-0.05, 0) is 30.5 Å². The van der Waals surface area contributed by atoms with Gasteiger partial charge in [-0.2, -0.15) is 5.10 Å². The second-order valence-corrected chi connectivity index (χ2v) is 6.15. The molecule has 1 N–H and O–H groups in total. The molecule has 2 aromatic rings. The van der Waals surface area contributed by atoms with Crippen LogP contribution in [0.5, 0.6) is 0 Å². The van der Waals surface area contributed by atoms with Gasteiger partial charge in [0.15, 0.2) is 0 Å². The third-order valence-electron chi connectivity index (χ3n) is 3.47. The summed E-state index contributed by atoms with van der Waals surface area (Å²) in [6.45, 7) is 4.04. The molecule has 0 radical (unpaired) electrons. The maximum atomic E-state index is 10.4. The van der Waals surface area contributed by atoms with Crippen molar-refractivity contribution in [2.24, 2.45) is 7.05 Å². The van der Waals surface area contributed by atoms with Crippen LogP contribution in [0.15, 0.2) is 22.7 Å². The van der Waals surface area contributed by atoms with Gasteiger partial charge in [-0.1, -0.05) is 46.6 Å². The number of halogens is 2. The Kier molecular flexibility index (Phi) is 4.89. The number of aliphatic hydroxyl groups is 1. The fraction of sp³-hybridized carbons (Fsp3) is 0.400. The zero-order chi connectivity index (χ0) is 14.9. The SMILES string of the molecule is CCc1nn(C)c(CC(O)c2ccc(C)c(Br)c2)c1Cl. The Morgan fingerprint density at radius 1 is 1.45 bits per heavy atom. The monoisotopic (exact) mass is 356 g/mol. The summed E-state index contributed by atoms with van der Waals surface area (Å²) < 4.78 is 2.76. The van der Waals surface area contributed by atoms with Crippen molar-refractivity contribution in [3.63, 3.8) is 0 Å². The summed E-state index contributed by atoms with van der Waals surface area (Å²) in [6, 6.07) is 5.88. The molecule has 108 valence electrons. The topological polar surface area (TPSA) is 38.0 Å². The van der Waals surface area contributed by atoms with Crippen molar-refractivity contribution in [2.45, 2.75) is 32.8 Å². The van der Waals surface area contributed by atoms with Crippen molar-refractivity contribution in [2.75, 3.05) is 0 Å². The van der Waals surface area contributed by atoms with Crippen molar-refractivity contribution in [1.82, 2.24) is 9.78 Å². The van der Waals surface area contributed by atoms with E-state index >= 15 is 0 Å². The minimum atomic E-state index is -0.593. The van der Waals surface area contributed by atoms with Gasteiger partial charge in [0.25, 0.3) is 0 Å². The summed E-state index contributed by atoms with van der Waals surface area (Å²) in [5, 5.41) is 15.4. The highest BCUT2D eigenvalue weighted by molar-refractivity contribution is 9.10. The van der Waals surface area contributed by atoms with Gasteiger partial charge in [0.1, 0.15) is 0 Å². The van der Waals surface area contributed by atoms with Crippen LogP contribution in [0.3, 0.4) is 0 Å². The standard InChI is InChI=1S/C15H18BrClN2O/c1-4-12-15(17)13(19(3)18-12)8-14(20)10-6-5-9(2)11(16)7-10/h5-7,14,20H,4,8H2,1-3H3. The molecule has 0 saturated carbocycles. The number of aryl methyl sites for hydroxylation is 3.